The van der Waals surface area contributed by atoms with Gasteiger partial charge in [-0.3, -0.25) is 0 Å². The van der Waals surface area contributed by atoms with Crippen molar-refractivity contribution in [3.63, 3.8) is 0 Å². The molecular weight excluding hydrogens is 296 g/mol. The smallest absolute Gasteiger partial charge is 0.261 e. The summed E-state index contributed by atoms with van der Waals surface area (Å²) < 4.78 is 12.2. The molecule has 4 rings (SSSR count). The van der Waals surface area contributed by atoms with Gasteiger partial charge in [0, 0.05) is 0 Å². The number of furan rings is 1. The molecule has 3 heterocycles. The van der Waals surface area contributed by atoms with Crippen LogP contribution in [0.4, 0.5) is 0 Å². The van der Waals surface area contributed by atoms with Gasteiger partial charge >= 0.3 is 0 Å². The van der Waals surface area contributed by atoms with E-state index in [0.29, 0.717) is 24.1 Å². The Kier molecular flexibility index (Phi) is 3.20. The molecule has 0 saturated carbocycles. The molecule has 0 aliphatic heterocycles. The van der Waals surface area contributed by atoms with E-state index in [4.69, 9.17) is 8.94 Å². The zero-order valence-corrected chi connectivity index (χ0v) is 12.4. The molecular formula is C16H14N4O3. The van der Waals surface area contributed by atoms with E-state index in [0.717, 1.165) is 16.6 Å². The van der Waals surface area contributed by atoms with E-state index in [1.54, 1.807) is 25.5 Å². The standard InChI is InChI=1S/C16H14N4O3/c1-10(21)15-17-12-4-2-3-5-13(12)20(15)8-14-18-16(23-19-14)11-6-7-22-9-11/h2-7,9-10,21H,8H2,1H3/t10-/m0/s1. The molecule has 0 fully saturated rings. The molecule has 0 saturated heterocycles. The first kappa shape index (κ1) is 13.7. The molecule has 116 valence electrons. The lowest BCUT2D eigenvalue weighted by Crippen LogP contribution is -2.09. The summed E-state index contributed by atoms with van der Waals surface area (Å²) in [6, 6.07) is 9.46. The molecule has 3 aromatic heterocycles. The number of aromatic nitrogens is 4. The highest BCUT2D eigenvalue weighted by molar-refractivity contribution is 5.76. The number of fused-ring (bicyclic) bond motifs is 1. The summed E-state index contributed by atoms with van der Waals surface area (Å²) in [5, 5.41) is 14.0. The summed E-state index contributed by atoms with van der Waals surface area (Å²) in [4.78, 5) is 8.84. The molecule has 0 aliphatic carbocycles. The van der Waals surface area contributed by atoms with Crippen LogP contribution in [0.2, 0.25) is 0 Å². The van der Waals surface area contributed by atoms with Crippen molar-refractivity contribution in [3.05, 3.63) is 54.5 Å². The largest absolute Gasteiger partial charge is 0.472 e. The van der Waals surface area contributed by atoms with Crippen LogP contribution in [0, 0.1) is 0 Å². The van der Waals surface area contributed by atoms with Crippen LogP contribution in [0.3, 0.4) is 0 Å². The quantitative estimate of drug-likeness (QED) is 0.623. The van der Waals surface area contributed by atoms with Gasteiger partial charge in [0.2, 0.25) is 0 Å². The highest BCUT2D eigenvalue weighted by atomic mass is 16.5. The number of aliphatic hydroxyl groups excluding tert-OH is 1. The second-order valence-electron chi connectivity index (χ2n) is 5.25. The minimum atomic E-state index is -0.692. The monoisotopic (exact) mass is 310 g/mol. The molecule has 0 bridgehead atoms. The number of hydrogen-bond donors (Lipinski definition) is 1. The summed E-state index contributed by atoms with van der Waals surface area (Å²) in [6.45, 7) is 2.05. The topological polar surface area (TPSA) is 90.1 Å². The molecule has 7 heteroatoms. The Morgan fingerprint density at radius 2 is 2.09 bits per heavy atom. The maximum absolute atomic E-state index is 9.98. The first-order chi connectivity index (χ1) is 11.2. The Bertz CT molecular complexity index is 937. The minimum Gasteiger partial charge on any atom is -0.472 e. The van der Waals surface area contributed by atoms with Gasteiger partial charge in [0.1, 0.15) is 18.2 Å². The van der Waals surface area contributed by atoms with Gasteiger partial charge in [-0.05, 0) is 25.1 Å². The lowest BCUT2D eigenvalue weighted by atomic mass is 10.3. The lowest BCUT2D eigenvalue weighted by molar-refractivity contribution is 0.185. The maximum atomic E-state index is 9.98. The number of imidazole rings is 1. The molecule has 1 atom stereocenters. The van der Waals surface area contributed by atoms with Crippen molar-refractivity contribution in [2.75, 3.05) is 0 Å². The highest BCUT2D eigenvalue weighted by Crippen LogP contribution is 2.23. The zero-order chi connectivity index (χ0) is 15.8. The van der Waals surface area contributed by atoms with Gasteiger partial charge in [0.15, 0.2) is 5.82 Å². The summed E-state index contributed by atoms with van der Waals surface area (Å²) in [5.41, 5.74) is 2.47. The van der Waals surface area contributed by atoms with Crippen LogP contribution in [0.5, 0.6) is 0 Å². The van der Waals surface area contributed by atoms with E-state index in [-0.39, 0.29) is 0 Å². The third-order valence-electron chi connectivity index (χ3n) is 3.59. The van der Waals surface area contributed by atoms with E-state index >= 15 is 0 Å². The molecule has 0 amide bonds. The molecule has 1 N–H and O–H groups in total. The van der Waals surface area contributed by atoms with Gasteiger partial charge in [0.05, 0.1) is 29.4 Å². The van der Waals surface area contributed by atoms with Crippen molar-refractivity contribution < 1.29 is 14.0 Å². The Hall–Kier alpha value is -2.93. The lowest BCUT2D eigenvalue weighted by Gasteiger charge is -2.08. The molecule has 1 aromatic carbocycles. The molecule has 0 radical (unpaired) electrons. The van der Waals surface area contributed by atoms with Crippen molar-refractivity contribution in [1.29, 1.82) is 0 Å². The fourth-order valence-corrected chi connectivity index (χ4v) is 2.54. The number of para-hydroxylation sites is 2. The van der Waals surface area contributed by atoms with Gasteiger partial charge in [-0.2, -0.15) is 4.98 Å². The number of nitrogens with zero attached hydrogens (tertiary/aromatic N) is 4. The molecule has 23 heavy (non-hydrogen) atoms. The predicted octanol–water partition coefficient (Wildman–Crippen LogP) is 2.78. The normalized spacial score (nSPS) is 12.8. The SMILES string of the molecule is C[C@H](O)c1nc2ccccc2n1Cc1noc(-c2ccoc2)n1. The summed E-state index contributed by atoms with van der Waals surface area (Å²) >= 11 is 0. The first-order valence-electron chi connectivity index (χ1n) is 7.21. The minimum absolute atomic E-state index is 0.363. The maximum Gasteiger partial charge on any atom is 0.261 e. The third kappa shape index (κ3) is 2.40. The second-order valence-corrected chi connectivity index (χ2v) is 5.25. The Morgan fingerprint density at radius 3 is 2.87 bits per heavy atom. The molecule has 0 unspecified atom stereocenters. The van der Waals surface area contributed by atoms with E-state index in [1.807, 2.05) is 28.8 Å². The molecule has 4 aromatic rings. The van der Waals surface area contributed by atoms with Gasteiger partial charge in [-0.15, -0.1) is 0 Å². The number of rotatable bonds is 4. The fourth-order valence-electron chi connectivity index (χ4n) is 2.54. The Balaban J connectivity index is 1.74. The van der Waals surface area contributed by atoms with Gasteiger partial charge < -0.3 is 18.6 Å². The third-order valence-corrected chi connectivity index (χ3v) is 3.59. The number of aliphatic hydroxyl groups is 1. The van der Waals surface area contributed by atoms with Crippen molar-refractivity contribution in [2.45, 2.75) is 19.6 Å². The van der Waals surface area contributed by atoms with Crippen LogP contribution >= 0.6 is 0 Å². The average molecular weight is 310 g/mol. The van der Waals surface area contributed by atoms with Crippen LogP contribution < -0.4 is 0 Å². The van der Waals surface area contributed by atoms with Crippen molar-refractivity contribution in [2.24, 2.45) is 0 Å². The molecule has 7 nitrogen and oxygen atoms in total. The van der Waals surface area contributed by atoms with Crippen LogP contribution in [-0.2, 0) is 6.54 Å². The van der Waals surface area contributed by atoms with Crippen LogP contribution in [-0.4, -0.2) is 24.8 Å². The molecule has 0 spiro atoms. The summed E-state index contributed by atoms with van der Waals surface area (Å²) in [7, 11) is 0. The van der Waals surface area contributed by atoms with Gasteiger partial charge in [-0.1, -0.05) is 17.3 Å². The van der Waals surface area contributed by atoms with E-state index < -0.39 is 6.10 Å². The van der Waals surface area contributed by atoms with Gasteiger partial charge in [-0.25, -0.2) is 4.98 Å². The average Bonchev–Trinajstić information content (AvgIpc) is 3.26. The number of hydrogen-bond acceptors (Lipinski definition) is 6. The Morgan fingerprint density at radius 1 is 1.22 bits per heavy atom. The van der Waals surface area contributed by atoms with Crippen LogP contribution in [0.1, 0.15) is 24.7 Å². The van der Waals surface area contributed by atoms with Gasteiger partial charge in [0.25, 0.3) is 5.89 Å². The highest BCUT2D eigenvalue weighted by Gasteiger charge is 2.17. The van der Waals surface area contributed by atoms with E-state index in [9.17, 15) is 5.11 Å². The van der Waals surface area contributed by atoms with Crippen LogP contribution in [0.15, 0.2) is 51.8 Å². The molecule has 0 aliphatic rings. The predicted molar refractivity (Wildman–Crippen MR) is 81.5 cm³/mol. The zero-order valence-electron chi connectivity index (χ0n) is 12.4. The second kappa shape index (κ2) is 5.36. The first-order valence-corrected chi connectivity index (χ1v) is 7.21. The van der Waals surface area contributed by atoms with E-state index in [1.165, 1.54) is 0 Å². The fraction of sp³-hybridized carbons (Fsp3) is 0.188. The van der Waals surface area contributed by atoms with Crippen molar-refractivity contribution in [1.82, 2.24) is 19.7 Å². The summed E-state index contributed by atoms with van der Waals surface area (Å²) in [5.74, 6) is 1.48. The Labute approximate surface area is 131 Å². The summed E-state index contributed by atoms with van der Waals surface area (Å²) in [6.07, 6.45) is 2.40. The van der Waals surface area contributed by atoms with Crippen LogP contribution in [0.25, 0.3) is 22.5 Å². The van der Waals surface area contributed by atoms with Crippen molar-refractivity contribution in [3.8, 4) is 11.5 Å². The van der Waals surface area contributed by atoms with Crippen molar-refractivity contribution >= 4 is 11.0 Å². The number of benzene rings is 1. The van der Waals surface area contributed by atoms with E-state index in [2.05, 4.69) is 15.1 Å².